The molecule has 2 aromatic carbocycles. The molecule has 0 aliphatic carbocycles. The summed E-state index contributed by atoms with van der Waals surface area (Å²) in [5.41, 5.74) is 1.11. The summed E-state index contributed by atoms with van der Waals surface area (Å²) in [6.45, 7) is 1.48. The van der Waals surface area contributed by atoms with Crippen LogP contribution in [0.4, 0.5) is 10.8 Å². The summed E-state index contributed by atoms with van der Waals surface area (Å²) in [6, 6.07) is 12.8. The van der Waals surface area contributed by atoms with Crippen LogP contribution in [0.2, 0.25) is 5.02 Å². The van der Waals surface area contributed by atoms with Gasteiger partial charge in [-0.3, -0.25) is 14.4 Å². The number of methoxy groups -OCH3 is 1. The fourth-order valence-electron chi connectivity index (χ4n) is 2.78. The zero-order valence-electron chi connectivity index (χ0n) is 16.4. The van der Waals surface area contributed by atoms with Crippen molar-refractivity contribution in [2.24, 2.45) is 0 Å². The lowest BCUT2D eigenvalue weighted by Gasteiger charge is -2.28. The van der Waals surface area contributed by atoms with E-state index >= 15 is 0 Å². The quantitative estimate of drug-likeness (QED) is 0.570. The molecule has 0 unspecified atom stereocenters. The normalized spacial score (nSPS) is 12.3. The number of carbonyl (C=O) groups excluding carboxylic acids is 1. The maximum absolute atomic E-state index is 12.8. The summed E-state index contributed by atoms with van der Waals surface area (Å²) in [6.07, 6.45) is 1.02. The molecule has 1 amide bonds. The van der Waals surface area contributed by atoms with E-state index < -0.39 is 22.0 Å². The van der Waals surface area contributed by atoms with Gasteiger partial charge < -0.3 is 4.74 Å². The van der Waals surface area contributed by atoms with Gasteiger partial charge in [0.25, 0.3) is 0 Å². The van der Waals surface area contributed by atoms with Crippen molar-refractivity contribution >= 4 is 49.7 Å². The van der Waals surface area contributed by atoms with Crippen molar-refractivity contribution in [2.45, 2.75) is 13.0 Å². The van der Waals surface area contributed by atoms with Crippen molar-refractivity contribution in [3.05, 3.63) is 53.6 Å². The average molecular weight is 467 g/mol. The van der Waals surface area contributed by atoms with Crippen LogP contribution in [0.25, 0.3) is 10.6 Å². The molecule has 0 aliphatic rings. The van der Waals surface area contributed by atoms with E-state index in [2.05, 4.69) is 15.5 Å². The van der Waals surface area contributed by atoms with E-state index in [1.807, 2.05) is 30.3 Å². The number of rotatable bonds is 7. The Kier molecular flexibility index (Phi) is 6.59. The molecule has 8 nitrogen and oxygen atoms in total. The number of anilines is 2. The second-order valence-corrected chi connectivity index (χ2v) is 9.57. The van der Waals surface area contributed by atoms with Crippen LogP contribution >= 0.6 is 22.9 Å². The van der Waals surface area contributed by atoms with Crippen molar-refractivity contribution in [1.82, 2.24) is 10.2 Å². The molecule has 0 saturated heterocycles. The fourth-order valence-corrected chi connectivity index (χ4v) is 4.95. The summed E-state index contributed by atoms with van der Waals surface area (Å²) < 4.78 is 31.0. The highest BCUT2D eigenvalue weighted by atomic mass is 35.5. The van der Waals surface area contributed by atoms with Crippen LogP contribution in [0.5, 0.6) is 5.75 Å². The zero-order valence-corrected chi connectivity index (χ0v) is 18.8. The van der Waals surface area contributed by atoms with Crippen molar-refractivity contribution in [3.63, 3.8) is 0 Å². The predicted molar refractivity (Wildman–Crippen MR) is 119 cm³/mol. The molecule has 0 spiro atoms. The number of amides is 1. The number of hydrogen-bond donors (Lipinski definition) is 1. The Bertz CT molecular complexity index is 1150. The molecular weight excluding hydrogens is 448 g/mol. The lowest BCUT2D eigenvalue weighted by molar-refractivity contribution is -0.116. The Morgan fingerprint density at radius 1 is 1.20 bits per heavy atom. The molecule has 30 heavy (non-hydrogen) atoms. The molecular formula is C19H19ClN4O4S2. The first kappa shape index (κ1) is 22.0. The van der Waals surface area contributed by atoms with Crippen molar-refractivity contribution in [1.29, 1.82) is 0 Å². The minimum Gasteiger partial charge on any atom is -0.495 e. The number of halogens is 1. The topological polar surface area (TPSA) is 101 Å². The Morgan fingerprint density at radius 3 is 2.50 bits per heavy atom. The molecule has 1 aromatic heterocycles. The van der Waals surface area contributed by atoms with Crippen LogP contribution in [0.1, 0.15) is 6.92 Å². The first-order valence-corrected chi connectivity index (χ1v) is 11.8. The SMILES string of the molecule is COc1ccc(N([C@H](C)C(=O)Nc2nnc(-c3ccccc3)s2)S(C)(=O)=O)cc1Cl. The van der Waals surface area contributed by atoms with Crippen molar-refractivity contribution in [3.8, 4) is 16.3 Å². The first-order valence-electron chi connectivity index (χ1n) is 8.73. The molecule has 0 aliphatic heterocycles. The number of ether oxygens (including phenoxy) is 1. The van der Waals surface area contributed by atoms with Crippen LogP contribution in [0.15, 0.2) is 48.5 Å². The third-order valence-corrected chi connectivity index (χ3v) is 6.58. The number of hydrogen-bond acceptors (Lipinski definition) is 7. The molecule has 0 bridgehead atoms. The van der Waals surface area contributed by atoms with E-state index in [1.165, 1.54) is 43.6 Å². The maximum Gasteiger partial charge on any atom is 0.249 e. The van der Waals surface area contributed by atoms with Gasteiger partial charge in [-0.15, -0.1) is 10.2 Å². The lowest BCUT2D eigenvalue weighted by atomic mass is 10.2. The van der Waals surface area contributed by atoms with Crippen molar-refractivity contribution < 1.29 is 17.9 Å². The average Bonchev–Trinajstić information content (AvgIpc) is 3.16. The Hall–Kier alpha value is -2.69. The van der Waals surface area contributed by atoms with E-state index in [9.17, 15) is 13.2 Å². The largest absolute Gasteiger partial charge is 0.495 e. The highest BCUT2D eigenvalue weighted by molar-refractivity contribution is 7.92. The number of sulfonamides is 1. The van der Waals surface area contributed by atoms with Gasteiger partial charge in [0.05, 0.1) is 24.1 Å². The third-order valence-electron chi connectivity index (χ3n) is 4.15. The molecule has 158 valence electrons. The van der Waals surface area contributed by atoms with E-state index in [4.69, 9.17) is 16.3 Å². The Balaban J connectivity index is 1.83. The molecule has 1 N–H and O–H groups in total. The van der Waals surface area contributed by atoms with Gasteiger partial charge in [-0.05, 0) is 25.1 Å². The minimum absolute atomic E-state index is 0.230. The highest BCUT2D eigenvalue weighted by Crippen LogP contribution is 2.32. The second-order valence-electron chi connectivity index (χ2n) is 6.32. The monoisotopic (exact) mass is 466 g/mol. The number of benzene rings is 2. The van der Waals surface area contributed by atoms with Gasteiger partial charge in [-0.1, -0.05) is 53.3 Å². The lowest BCUT2D eigenvalue weighted by Crippen LogP contribution is -2.45. The summed E-state index contributed by atoms with van der Waals surface area (Å²) in [5, 5.41) is 11.8. The van der Waals surface area contributed by atoms with Crippen LogP contribution in [0.3, 0.4) is 0 Å². The van der Waals surface area contributed by atoms with Gasteiger partial charge >= 0.3 is 0 Å². The van der Waals surface area contributed by atoms with E-state index in [0.29, 0.717) is 10.8 Å². The van der Waals surface area contributed by atoms with Crippen LogP contribution in [0, 0.1) is 0 Å². The van der Waals surface area contributed by atoms with E-state index in [1.54, 1.807) is 0 Å². The summed E-state index contributed by atoms with van der Waals surface area (Å²) in [4.78, 5) is 12.8. The van der Waals surface area contributed by atoms with E-state index in [0.717, 1.165) is 16.1 Å². The molecule has 1 heterocycles. The van der Waals surface area contributed by atoms with Gasteiger partial charge in [-0.2, -0.15) is 0 Å². The van der Waals surface area contributed by atoms with E-state index in [-0.39, 0.29) is 15.8 Å². The van der Waals surface area contributed by atoms with Crippen molar-refractivity contribution in [2.75, 3.05) is 23.0 Å². The number of aromatic nitrogens is 2. The molecule has 0 saturated carbocycles. The molecule has 3 aromatic rings. The maximum atomic E-state index is 12.8. The minimum atomic E-state index is -3.79. The molecule has 0 fully saturated rings. The smallest absolute Gasteiger partial charge is 0.249 e. The zero-order chi connectivity index (χ0) is 21.9. The third kappa shape index (κ3) is 4.89. The summed E-state index contributed by atoms with van der Waals surface area (Å²) >= 11 is 7.33. The van der Waals surface area contributed by atoms with Gasteiger partial charge in [0.1, 0.15) is 16.8 Å². The summed E-state index contributed by atoms with van der Waals surface area (Å²) in [7, 11) is -2.33. The standard InChI is InChI=1S/C19H19ClN4O4S2/c1-12(24(30(3,26)27)14-9-10-16(28-2)15(20)11-14)17(25)21-19-23-22-18(29-19)13-7-5-4-6-8-13/h4-12H,1-3H3,(H,21,23,25)/t12-/m1/s1. The van der Waals surface area contributed by atoms with Gasteiger partial charge in [0, 0.05) is 5.56 Å². The molecule has 3 rings (SSSR count). The van der Waals surface area contributed by atoms with Gasteiger partial charge in [0.2, 0.25) is 21.1 Å². The van der Waals surface area contributed by atoms with Crippen LogP contribution in [-0.2, 0) is 14.8 Å². The summed E-state index contributed by atoms with van der Waals surface area (Å²) in [5.74, 6) is -0.156. The van der Waals surface area contributed by atoms with Crippen LogP contribution < -0.4 is 14.4 Å². The number of nitrogens with zero attached hydrogens (tertiary/aromatic N) is 3. The molecule has 11 heteroatoms. The number of carbonyl (C=O) groups is 1. The molecule has 0 radical (unpaired) electrons. The second kappa shape index (κ2) is 8.99. The van der Waals surface area contributed by atoms with Gasteiger partial charge in [-0.25, -0.2) is 8.42 Å². The van der Waals surface area contributed by atoms with Gasteiger partial charge in [0.15, 0.2) is 0 Å². The Labute approximate surface area is 183 Å². The molecule has 1 atom stereocenters. The number of nitrogens with one attached hydrogen (secondary N) is 1. The fraction of sp³-hybridized carbons (Fsp3) is 0.211. The first-order chi connectivity index (χ1) is 14.2. The predicted octanol–water partition coefficient (Wildman–Crippen LogP) is 3.66. The highest BCUT2D eigenvalue weighted by Gasteiger charge is 2.30. The van der Waals surface area contributed by atoms with Crippen LogP contribution in [-0.4, -0.2) is 43.9 Å². The Morgan fingerprint density at radius 2 is 1.90 bits per heavy atom.